The smallest absolute Gasteiger partial charge is 0.136 e. The van der Waals surface area contributed by atoms with E-state index in [9.17, 15) is 0 Å². The monoisotopic (exact) mass is 1230 g/mol. The summed E-state index contributed by atoms with van der Waals surface area (Å²) in [6.45, 7) is 9.31. The van der Waals surface area contributed by atoms with E-state index in [-0.39, 0.29) is 10.8 Å². The summed E-state index contributed by atoms with van der Waals surface area (Å²) in [5.41, 5.74) is 24.8. The van der Waals surface area contributed by atoms with Crippen LogP contribution in [0.25, 0.3) is 110 Å². The molecule has 91 heavy (non-hydrogen) atoms. The molecule has 4 nitrogen and oxygen atoms in total. The van der Waals surface area contributed by atoms with E-state index in [0.717, 1.165) is 55.2 Å². The minimum absolute atomic E-state index is 0.00100. The van der Waals surface area contributed by atoms with Crippen molar-refractivity contribution in [3.05, 3.63) is 330 Å². The van der Waals surface area contributed by atoms with Gasteiger partial charge in [-0.3, -0.25) is 0 Å². The second-order valence-corrected chi connectivity index (χ2v) is 25.9. The highest BCUT2D eigenvalue weighted by Crippen LogP contribution is 2.56. The lowest BCUT2D eigenvalue weighted by molar-refractivity contribution is 0.656. The molecule has 0 radical (unpaired) electrons. The summed E-state index contributed by atoms with van der Waals surface area (Å²) in [5, 5.41) is 13.3. The fourth-order valence-electron chi connectivity index (χ4n) is 14.2. The molecular formula is C86H63BrN2O2. The maximum absolute atomic E-state index is 6.31. The van der Waals surface area contributed by atoms with Crippen LogP contribution in [0.3, 0.4) is 0 Å². The molecule has 0 amide bonds. The van der Waals surface area contributed by atoms with Gasteiger partial charge < -0.3 is 19.1 Å². The summed E-state index contributed by atoms with van der Waals surface area (Å²) in [4.78, 5) is 2.39. The highest BCUT2D eigenvalue weighted by molar-refractivity contribution is 9.10. The summed E-state index contributed by atoms with van der Waals surface area (Å²) in [6, 6.07) is 108. The van der Waals surface area contributed by atoms with Crippen LogP contribution in [0.2, 0.25) is 0 Å². The van der Waals surface area contributed by atoms with Gasteiger partial charge in [-0.25, -0.2) is 0 Å². The lowest BCUT2D eigenvalue weighted by Gasteiger charge is -2.28. The SMILES string of the molecule is CC1(C)c2cc(Br)ccc2-c2c1ccc1oc3ccccc3c21.CC1(C)c2cc(N(c3ccc(-c4ccccc4)cc3)c3ccc4ccccc4c3)ccc2-c2c1ccc1oc3ccccc3c21.c1ccc(-c2ccc(Nc3ccc4ccccc4c3)cc2)cc1. The molecule has 2 heterocycles. The molecule has 2 aromatic heterocycles. The average Bonchev–Trinajstić information content (AvgIpc) is 1.57. The molecule has 0 unspecified atom stereocenters. The van der Waals surface area contributed by atoms with E-state index in [0.29, 0.717) is 0 Å². The van der Waals surface area contributed by atoms with Crippen molar-refractivity contribution < 1.29 is 8.83 Å². The Morgan fingerprint density at radius 2 is 0.725 bits per heavy atom. The minimum Gasteiger partial charge on any atom is -0.456 e. The second kappa shape index (κ2) is 22.4. The van der Waals surface area contributed by atoms with E-state index in [1.54, 1.807) is 0 Å². The molecule has 2 aliphatic carbocycles. The standard InChI is InChI=1S/C43H31NO.C22H17N.C21H15BrO/c1-43(2)37-24-25-40-42(36-14-8-9-15-39(36)45-40)41(37)35-23-22-34(27-38(35)43)44(33-21-18-29-12-6-7-13-31(29)26-33)32-19-16-30(17-20-32)28-10-4-3-5-11-28;1-2-6-17(7-3-1)19-10-13-21(14-11-19)23-22-15-12-18-8-4-5-9-20(18)16-22;1-21(2)15-9-10-18-20(14-5-3-4-6-17(14)23-18)19(15)13-8-7-12(22)11-16(13)21/h3-27H,1-2H3;1-16,23H;3-11H,1-2H3. The van der Waals surface area contributed by atoms with Gasteiger partial charge in [0.1, 0.15) is 22.3 Å². The summed E-state index contributed by atoms with van der Waals surface area (Å²) >= 11 is 3.62. The lowest BCUT2D eigenvalue weighted by Crippen LogP contribution is -2.16. The molecule has 2 aliphatic rings. The number of benzene rings is 14. The van der Waals surface area contributed by atoms with Gasteiger partial charge in [-0.1, -0.05) is 250 Å². The van der Waals surface area contributed by atoms with Crippen molar-refractivity contribution in [2.75, 3.05) is 10.2 Å². The van der Waals surface area contributed by atoms with Crippen LogP contribution in [0.15, 0.2) is 317 Å². The molecule has 14 aromatic carbocycles. The van der Waals surface area contributed by atoms with E-state index in [1.807, 2.05) is 24.3 Å². The van der Waals surface area contributed by atoms with Crippen LogP contribution >= 0.6 is 15.9 Å². The zero-order valence-electron chi connectivity index (χ0n) is 51.0. The Hall–Kier alpha value is -10.7. The second-order valence-electron chi connectivity index (χ2n) is 25.0. The third-order valence-electron chi connectivity index (χ3n) is 18.8. The Balaban J connectivity index is 0.000000120. The van der Waals surface area contributed by atoms with Crippen LogP contribution < -0.4 is 10.2 Å². The maximum Gasteiger partial charge on any atom is 0.136 e. The Labute approximate surface area is 538 Å². The van der Waals surface area contributed by atoms with Gasteiger partial charge in [0.2, 0.25) is 0 Å². The molecular weight excluding hydrogens is 1170 g/mol. The molecule has 436 valence electrons. The first-order valence-electron chi connectivity index (χ1n) is 31.2. The van der Waals surface area contributed by atoms with Crippen molar-refractivity contribution in [3.63, 3.8) is 0 Å². The molecule has 0 aliphatic heterocycles. The molecule has 0 spiro atoms. The third-order valence-corrected chi connectivity index (χ3v) is 19.3. The maximum atomic E-state index is 6.31. The van der Waals surface area contributed by atoms with Crippen molar-refractivity contribution in [1.82, 2.24) is 0 Å². The van der Waals surface area contributed by atoms with Crippen LogP contribution in [-0.2, 0) is 10.8 Å². The Morgan fingerprint density at radius 1 is 0.308 bits per heavy atom. The normalized spacial score (nSPS) is 13.1. The number of rotatable bonds is 7. The number of hydrogen-bond acceptors (Lipinski definition) is 4. The molecule has 0 saturated carbocycles. The number of furan rings is 2. The number of anilines is 5. The molecule has 0 bridgehead atoms. The van der Waals surface area contributed by atoms with Gasteiger partial charge in [0.25, 0.3) is 0 Å². The zero-order valence-corrected chi connectivity index (χ0v) is 52.6. The van der Waals surface area contributed by atoms with Crippen LogP contribution in [0, 0.1) is 0 Å². The molecule has 0 fully saturated rings. The summed E-state index contributed by atoms with van der Waals surface area (Å²) in [5.74, 6) is 0. The number of nitrogens with zero attached hydrogens (tertiary/aromatic N) is 1. The number of fused-ring (bicyclic) bond motifs is 16. The van der Waals surface area contributed by atoms with Gasteiger partial charge in [0.15, 0.2) is 0 Å². The van der Waals surface area contributed by atoms with Gasteiger partial charge in [-0.15, -0.1) is 0 Å². The molecule has 16 aromatic rings. The van der Waals surface area contributed by atoms with Crippen LogP contribution in [-0.4, -0.2) is 0 Å². The Bertz CT molecular complexity index is 5450. The van der Waals surface area contributed by atoms with Crippen LogP contribution in [0.1, 0.15) is 49.9 Å². The number of para-hydroxylation sites is 2. The molecule has 0 atom stereocenters. The summed E-state index contributed by atoms with van der Waals surface area (Å²) in [7, 11) is 0. The fourth-order valence-corrected chi connectivity index (χ4v) is 14.6. The minimum atomic E-state index is -0.167. The first-order chi connectivity index (χ1) is 44.5. The molecule has 1 N–H and O–H groups in total. The predicted molar refractivity (Wildman–Crippen MR) is 387 cm³/mol. The molecule has 5 heteroatoms. The largest absolute Gasteiger partial charge is 0.456 e. The summed E-state index contributed by atoms with van der Waals surface area (Å²) < 4.78 is 13.5. The number of hydrogen-bond donors (Lipinski definition) is 1. The van der Waals surface area contributed by atoms with E-state index in [4.69, 9.17) is 8.83 Å². The van der Waals surface area contributed by atoms with Crippen molar-refractivity contribution >= 4 is 110 Å². The first-order valence-corrected chi connectivity index (χ1v) is 32.0. The average molecular weight is 1240 g/mol. The molecule has 0 saturated heterocycles. The lowest BCUT2D eigenvalue weighted by atomic mass is 9.82. The molecule has 18 rings (SSSR count). The highest BCUT2D eigenvalue weighted by atomic mass is 79.9. The quantitative estimate of drug-likeness (QED) is 0.173. The van der Waals surface area contributed by atoms with E-state index in [1.165, 1.54) is 110 Å². The van der Waals surface area contributed by atoms with E-state index in [2.05, 4.69) is 333 Å². The zero-order chi connectivity index (χ0) is 61.4. The van der Waals surface area contributed by atoms with Gasteiger partial charge in [-0.2, -0.15) is 0 Å². The van der Waals surface area contributed by atoms with Crippen LogP contribution in [0.4, 0.5) is 28.4 Å². The number of nitrogens with one attached hydrogen (secondary N) is 1. The third kappa shape index (κ3) is 9.85. The fraction of sp³-hybridized carbons (Fsp3) is 0.0698. The Morgan fingerprint density at radius 3 is 1.30 bits per heavy atom. The van der Waals surface area contributed by atoms with Crippen LogP contribution in [0.5, 0.6) is 0 Å². The van der Waals surface area contributed by atoms with Crippen molar-refractivity contribution in [1.29, 1.82) is 0 Å². The topological polar surface area (TPSA) is 41.6 Å². The van der Waals surface area contributed by atoms with E-state index >= 15 is 0 Å². The van der Waals surface area contributed by atoms with Gasteiger partial charge in [0.05, 0.1) is 0 Å². The van der Waals surface area contributed by atoms with E-state index < -0.39 is 0 Å². The van der Waals surface area contributed by atoms with Crippen molar-refractivity contribution in [2.45, 2.75) is 38.5 Å². The Kier molecular flexibility index (Phi) is 13.7. The number of halogens is 1. The summed E-state index contributed by atoms with van der Waals surface area (Å²) in [6.07, 6.45) is 0. The predicted octanol–water partition coefficient (Wildman–Crippen LogP) is 25.1. The van der Waals surface area contributed by atoms with Gasteiger partial charge in [-0.05, 0) is 185 Å². The van der Waals surface area contributed by atoms with Gasteiger partial charge in [0, 0.05) is 65.3 Å². The highest BCUT2D eigenvalue weighted by Gasteiger charge is 2.39. The van der Waals surface area contributed by atoms with Gasteiger partial charge >= 0.3 is 0 Å². The van der Waals surface area contributed by atoms with Crippen molar-refractivity contribution in [2.24, 2.45) is 0 Å². The first kappa shape index (κ1) is 55.6. The van der Waals surface area contributed by atoms with Crippen molar-refractivity contribution in [3.8, 4) is 44.5 Å².